The summed E-state index contributed by atoms with van der Waals surface area (Å²) >= 11 is 0. The average molecular weight is 564 g/mol. The highest BCUT2D eigenvalue weighted by Gasteiger charge is 2.33. The number of aromatic amines is 1. The van der Waals surface area contributed by atoms with Gasteiger partial charge in [-0.1, -0.05) is 48.5 Å². The zero-order valence-corrected chi connectivity index (χ0v) is 24.0. The lowest BCUT2D eigenvalue weighted by Gasteiger charge is -2.23. The topological polar surface area (TPSA) is 98.4 Å². The van der Waals surface area contributed by atoms with Gasteiger partial charge in [-0.15, -0.1) is 0 Å². The van der Waals surface area contributed by atoms with Gasteiger partial charge in [-0.05, 0) is 79.5 Å². The van der Waals surface area contributed by atoms with Crippen LogP contribution in [0.15, 0.2) is 72.8 Å². The first kappa shape index (κ1) is 27.7. The number of carbonyl (C=O) groups excluding carboxylic acids is 3. The lowest BCUT2D eigenvalue weighted by atomic mass is 10.0. The Morgan fingerprint density at radius 2 is 1.57 bits per heavy atom. The predicted molar refractivity (Wildman–Crippen MR) is 163 cm³/mol. The molecule has 42 heavy (non-hydrogen) atoms. The Morgan fingerprint density at radius 1 is 0.857 bits per heavy atom. The summed E-state index contributed by atoms with van der Waals surface area (Å²) in [5, 5.41) is 2.97. The highest BCUT2D eigenvalue weighted by Crippen LogP contribution is 2.32. The predicted octanol–water partition coefficient (Wildman–Crippen LogP) is 5.20. The van der Waals surface area contributed by atoms with Crippen LogP contribution >= 0.6 is 0 Å². The quantitative estimate of drug-likeness (QED) is 0.308. The van der Waals surface area contributed by atoms with Gasteiger partial charge in [0.25, 0.3) is 0 Å². The number of H-pyrrole nitrogens is 1. The number of benzene rings is 3. The Balaban J connectivity index is 1.06. The number of carbonyl (C=O) groups is 3. The van der Waals surface area contributed by atoms with Crippen molar-refractivity contribution in [1.29, 1.82) is 0 Å². The number of aryl methyl sites for hydroxylation is 2. The van der Waals surface area contributed by atoms with Gasteiger partial charge in [0.1, 0.15) is 11.9 Å². The number of hydrogen-bond donors (Lipinski definition) is 2. The third-order valence-electron chi connectivity index (χ3n) is 8.54. The Labute approximate surface area is 246 Å². The van der Waals surface area contributed by atoms with Gasteiger partial charge in [0.15, 0.2) is 0 Å². The summed E-state index contributed by atoms with van der Waals surface area (Å²) < 4.78 is 0. The van der Waals surface area contributed by atoms with Crippen LogP contribution in [0.5, 0.6) is 0 Å². The van der Waals surface area contributed by atoms with E-state index >= 15 is 0 Å². The molecule has 216 valence electrons. The van der Waals surface area contributed by atoms with Gasteiger partial charge >= 0.3 is 0 Å². The molecule has 2 aliphatic rings. The first-order valence-electron chi connectivity index (χ1n) is 14.9. The molecule has 0 radical (unpaired) electrons. The molecule has 2 saturated heterocycles. The van der Waals surface area contributed by atoms with Crippen LogP contribution in [-0.2, 0) is 33.6 Å². The largest absolute Gasteiger partial charge is 0.340 e. The summed E-state index contributed by atoms with van der Waals surface area (Å²) in [5.74, 6) is 0.834. The second-order valence-corrected chi connectivity index (χ2v) is 11.4. The van der Waals surface area contributed by atoms with Gasteiger partial charge in [0.05, 0.1) is 23.5 Å². The molecule has 2 unspecified atom stereocenters. The van der Waals surface area contributed by atoms with Crippen LogP contribution in [0.3, 0.4) is 0 Å². The van der Waals surface area contributed by atoms with E-state index in [-0.39, 0.29) is 29.8 Å². The van der Waals surface area contributed by atoms with E-state index in [0.717, 1.165) is 66.8 Å². The summed E-state index contributed by atoms with van der Waals surface area (Å²) in [5.41, 5.74) is 6.09. The van der Waals surface area contributed by atoms with E-state index in [1.165, 1.54) is 18.1 Å². The molecule has 0 spiro atoms. The number of nitrogens with zero attached hydrogens (tertiary/aromatic N) is 3. The van der Waals surface area contributed by atoms with Crippen LogP contribution in [0.25, 0.3) is 11.0 Å². The van der Waals surface area contributed by atoms with Crippen molar-refractivity contribution in [1.82, 2.24) is 19.8 Å². The molecule has 2 fully saturated rings. The van der Waals surface area contributed by atoms with Crippen molar-refractivity contribution in [2.24, 2.45) is 0 Å². The molecular formula is C34H37N5O3. The molecular weight excluding hydrogens is 526 g/mol. The van der Waals surface area contributed by atoms with Gasteiger partial charge in [0, 0.05) is 25.7 Å². The Morgan fingerprint density at radius 3 is 2.36 bits per heavy atom. The maximum atomic E-state index is 13.1. The zero-order chi connectivity index (χ0) is 29.1. The minimum Gasteiger partial charge on any atom is -0.340 e. The number of imidazole rings is 1. The number of amides is 3. The number of hydrogen-bond acceptors (Lipinski definition) is 4. The normalized spacial score (nSPS) is 18.5. The number of anilines is 1. The maximum Gasteiger partial charge on any atom is 0.247 e. The van der Waals surface area contributed by atoms with Gasteiger partial charge in [0.2, 0.25) is 17.7 Å². The van der Waals surface area contributed by atoms with Crippen LogP contribution in [0.1, 0.15) is 61.2 Å². The van der Waals surface area contributed by atoms with E-state index in [4.69, 9.17) is 4.98 Å². The van der Waals surface area contributed by atoms with Crippen molar-refractivity contribution in [3.8, 4) is 0 Å². The third-order valence-corrected chi connectivity index (χ3v) is 8.54. The van der Waals surface area contributed by atoms with Gasteiger partial charge in [-0.25, -0.2) is 4.98 Å². The molecule has 2 aliphatic heterocycles. The summed E-state index contributed by atoms with van der Waals surface area (Å²) in [6.45, 7) is 2.92. The molecule has 3 aromatic carbocycles. The smallest absolute Gasteiger partial charge is 0.247 e. The summed E-state index contributed by atoms with van der Waals surface area (Å²) in [6.07, 6.45) is 5.61. The SMILES string of the molecule is CC(=O)N1CCCC1C(=O)Nc1ccc(CCc2ccc3nc(C4CCCN4C(=O)Cc4ccccc4)[nH]c3c2)cc1. The number of likely N-dealkylation sites (tertiary alicyclic amines) is 2. The Kier molecular flexibility index (Phi) is 8.04. The monoisotopic (exact) mass is 563 g/mol. The van der Waals surface area contributed by atoms with Crippen molar-refractivity contribution < 1.29 is 14.4 Å². The molecule has 2 atom stereocenters. The molecule has 0 bridgehead atoms. The highest BCUT2D eigenvalue weighted by atomic mass is 16.2. The van der Waals surface area contributed by atoms with Crippen LogP contribution in [-0.4, -0.2) is 56.6 Å². The van der Waals surface area contributed by atoms with E-state index < -0.39 is 0 Å². The van der Waals surface area contributed by atoms with E-state index in [9.17, 15) is 14.4 Å². The van der Waals surface area contributed by atoms with Crippen molar-refractivity contribution in [2.75, 3.05) is 18.4 Å². The molecule has 3 amide bonds. The van der Waals surface area contributed by atoms with E-state index in [0.29, 0.717) is 19.4 Å². The molecule has 0 saturated carbocycles. The molecule has 1 aromatic heterocycles. The van der Waals surface area contributed by atoms with Crippen LogP contribution in [0, 0.1) is 0 Å². The van der Waals surface area contributed by atoms with Crippen LogP contribution in [0.2, 0.25) is 0 Å². The third kappa shape index (κ3) is 6.08. The Hall–Kier alpha value is -4.46. The van der Waals surface area contributed by atoms with Crippen molar-refractivity contribution in [2.45, 2.75) is 64.0 Å². The fourth-order valence-corrected chi connectivity index (χ4v) is 6.30. The molecule has 2 N–H and O–H groups in total. The summed E-state index contributed by atoms with van der Waals surface area (Å²) in [7, 11) is 0. The zero-order valence-electron chi connectivity index (χ0n) is 24.0. The average Bonchev–Trinajstić information content (AvgIpc) is 3.76. The molecule has 0 aliphatic carbocycles. The fraction of sp³-hybridized carbons (Fsp3) is 0.353. The summed E-state index contributed by atoms with van der Waals surface area (Å²) in [4.78, 5) is 49.6. The molecule has 3 heterocycles. The van der Waals surface area contributed by atoms with Crippen LogP contribution in [0.4, 0.5) is 5.69 Å². The molecule has 6 rings (SSSR count). The molecule has 8 nitrogen and oxygen atoms in total. The van der Waals surface area contributed by atoms with Gasteiger partial charge < -0.3 is 20.1 Å². The molecule has 4 aromatic rings. The minimum absolute atomic E-state index is 0.0183. The second-order valence-electron chi connectivity index (χ2n) is 11.4. The van der Waals surface area contributed by atoms with Crippen molar-refractivity contribution in [3.63, 3.8) is 0 Å². The molecule has 8 heteroatoms. The number of nitrogens with one attached hydrogen (secondary N) is 2. The summed E-state index contributed by atoms with van der Waals surface area (Å²) in [6, 6.07) is 23.8. The van der Waals surface area contributed by atoms with Crippen LogP contribution < -0.4 is 5.32 Å². The first-order chi connectivity index (χ1) is 20.4. The van der Waals surface area contributed by atoms with Crippen molar-refractivity contribution >= 4 is 34.4 Å². The lowest BCUT2D eigenvalue weighted by Crippen LogP contribution is -2.42. The minimum atomic E-state index is -0.383. The maximum absolute atomic E-state index is 13.1. The van der Waals surface area contributed by atoms with E-state index in [2.05, 4.69) is 28.5 Å². The second kappa shape index (κ2) is 12.2. The lowest BCUT2D eigenvalue weighted by molar-refractivity contribution is -0.134. The Bertz CT molecular complexity index is 1580. The van der Waals surface area contributed by atoms with E-state index in [1.54, 1.807) is 4.90 Å². The number of aromatic nitrogens is 2. The first-order valence-corrected chi connectivity index (χ1v) is 14.9. The number of rotatable bonds is 8. The van der Waals surface area contributed by atoms with Crippen molar-refractivity contribution in [3.05, 3.63) is 95.3 Å². The highest BCUT2D eigenvalue weighted by molar-refractivity contribution is 5.97. The van der Waals surface area contributed by atoms with Gasteiger partial charge in [-0.2, -0.15) is 0 Å². The standard InChI is InChI=1S/C34H37N5O3/c1-23(40)38-19-6-10-31(38)34(42)35-27-16-13-24(14-17-27)11-12-26-15-18-28-29(21-26)37-33(36-28)30-9-5-20-39(30)32(41)22-25-7-3-2-4-8-25/h2-4,7-8,13-18,21,30-31H,5-6,9-12,19-20,22H2,1H3,(H,35,42)(H,36,37). The fourth-order valence-electron chi connectivity index (χ4n) is 6.30. The number of fused-ring (bicyclic) bond motifs is 1. The van der Waals surface area contributed by atoms with Gasteiger partial charge in [-0.3, -0.25) is 14.4 Å². The van der Waals surface area contributed by atoms with E-state index in [1.807, 2.05) is 59.5 Å².